The molecule has 0 fully saturated rings. The van der Waals surface area contributed by atoms with Crippen molar-refractivity contribution in [3.63, 3.8) is 0 Å². The molecule has 0 aliphatic carbocycles. The molecule has 0 bridgehead atoms. The fourth-order valence-electron chi connectivity index (χ4n) is 4.23. The average Bonchev–Trinajstić information content (AvgIpc) is 3.41. The highest BCUT2D eigenvalue weighted by Crippen LogP contribution is 2.34. The van der Waals surface area contributed by atoms with Gasteiger partial charge in [0, 0.05) is 21.3 Å². The van der Waals surface area contributed by atoms with Gasteiger partial charge in [-0.05, 0) is 80.8 Å². The Kier molecular flexibility index (Phi) is 9.51. The van der Waals surface area contributed by atoms with E-state index in [1.54, 1.807) is 31.4 Å². The van der Waals surface area contributed by atoms with Gasteiger partial charge in [0.1, 0.15) is 24.6 Å². The molecule has 1 heterocycles. The number of nitriles is 1. The SMILES string of the molecule is CCOC(=O)Cc1ccc(C#N)cc1OCc1cc(-c2cccc(C(CF)NSC(C)(C)C)c2)c2occc2c1. The number of carbonyl (C=O) groups excluding carboxylic acids is 1. The second-order valence-electron chi connectivity index (χ2n) is 10.4. The van der Waals surface area contributed by atoms with Crippen LogP contribution in [0.5, 0.6) is 5.75 Å². The fraction of sp³-hybridized carbons (Fsp3) is 0.312. The van der Waals surface area contributed by atoms with Crippen LogP contribution in [0.4, 0.5) is 4.39 Å². The summed E-state index contributed by atoms with van der Waals surface area (Å²) in [6.07, 6.45) is 1.69. The number of esters is 1. The lowest BCUT2D eigenvalue weighted by molar-refractivity contribution is -0.142. The third-order valence-electron chi connectivity index (χ3n) is 6.10. The Labute approximate surface area is 238 Å². The lowest BCUT2D eigenvalue weighted by Crippen LogP contribution is -2.23. The van der Waals surface area contributed by atoms with Crippen molar-refractivity contribution >= 4 is 28.9 Å². The van der Waals surface area contributed by atoms with Gasteiger partial charge in [0.25, 0.3) is 0 Å². The lowest BCUT2D eigenvalue weighted by atomic mass is 9.97. The zero-order valence-corrected chi connectivity index (χ0v) is 23.9. The first-order valence-electron chi connectivity index (χ1n) is 13.1. The molecule has 0 radical (unpaired) electrons. The number of alkyl halides is 1. The van der Waals surface area contributed by atoms with Gasteiger partial charge < -0.3 is 13.9 Å². The predicted octanol–water partition coefficient (Wildman–Crippen LogP) is 7.70. The van der Waals surface area contributed by atoms with Crippen molar-refractivity contribution in [2.24, 2.45) is 0 Å². The minimum Gasteiger partial charge on any atom is -0.489 e. The van der Waals surface area contributed by atoms with E-state index in [-0.39, 0.29) is 30.4 Å². The normalized spacial score (nSPS) is 12.2. The van der Waals surface area contributed by atoms with Crippen LogP contribution in [0.3, 0.4) is 0 Å². The summed E-state index contributed by atoms with van der Waals surface area (Å²) in [5.41, 5.74) is 5.29. The predicted molar refractivity (Wildman–Crippen MR) is 157 cm³/mol. The highest BCUT2D eigenvalue weighted by molar-refractivity contribution is 7.98. The van der Waals surface area contributed by atoms with E-state index in [4.69, 9.17) is 13.9 Å². The van der Waals surface area contributed by atoms with Gasteiger partial charge in [-0.15, -0.1) is 0 Å². The van der Waals surface area contributed by atoms with E-state index in [0.717, 1.165) is 33.2 Å². The molecule has 208 valence electrons. The molecule has 1 atom stereocenters. The summed E-state index contributed by atoms with van der Waals surface area (Å²) in [5.74, 6) is 0.0946. The van der Waals surface area contributed by atoms with Crippen molar-refractivity contribution in [1.82, 2.24) is 4.72 Å². The van der Waals surface area contributed by atoms with Gasteiger partial charge in [0.2, 0.25) is 0 Å². The molecule has 0 saturated carbocycles. The lowest BCUT2D eigenvalue weighted by Gasteiger charge is -2.23. The second-order valence-corrected chi connectivity index (χ2v) is 12.0. The van der Waals surface area contributed by atoms with E-state index in [9.17, 15) is 14.4 Å². The van der Waals surface area contributed by atoms with Gasteiger partial charge in [-0.25, -0.2) is 4.39 Å². The Bertz CT molecular complexity index is 1520. The van der Waals surface area contributed by atoms with Crippen molar-refractivity contribution in [3.8, 4) is 22.9 Å². The van der Waals surface area contributed by atoms with Crippen LogP contribution < -0.4 is 9.46 Å². The number of benzene rings is 3. The first-order chi connectivity index (χ1) is 19.2. The number of nitrogens with zero attached hydrogens (tertiary/aromatic N) is 1. The van der Waals surface area contributed by atoms with Gasteiger partial charge in [-0.3, -0.25) is 9.52 Å². The smallest absolute Gasteiger partial charge is 0.310 e. The molecule has 3 aromatic carbocycles. The first-order valence-corrected chi connectivity index (χ1v) is 13.9. The molecule has 1 aromatic heterocycles. The van der Waals surface area contributed by atoms with Crippen molar-refractivity contribution in [3.05, 3.63) is 89.2 Å². The van der Waals surface area contributed by atoms with Crippen LogP contribution in [0.15, 0.2) is 71.3 Å². The number of furan rings is 1. The maximum atomic E-state index is 14.0. The van der Waals surface area contributed by atoms with Crippen LogP contribution in [0.25, 0.3) is 22.1 Å². The number of carbonyl (C=O) groups is 1. The number of rotatable bonds is 11. The molecule has 0 aliphatic rings. The highest BCUT2D eigenvalue weighted by atomic mass is 32.2. The summed E-state index contributed by atoms with van der Waals surface area (Å²) in [6, 6.07) is 20.3. The van der Waals surface area contributed by atoms with Crippen LogP contribution in [-0.2, 0) is 22.6 Å². The van der Waals surface area contributed by atoms with Crippen LogP contribution in [0.2, 0.25) is 0 Å². The summed E-state index contributed by atoms with van der Waals surface area (Å²) in [6.45, 7) is 7.95. The van der Waals surface area contributed by atoms with Gasteiger partial charge >= 0.3 is 5.97 Å². The van der Waals surface area contributed by atoms with Gasteiger partial charge in [-0.2, -0.15) is 5.26 Å². The van der Waals surface area contributed by atoms with Gasteiger partial charge in [0.05, 0.1) is 37.0 Å². The second kappa shape index (κ2) is 13.0. The van der Waals surface area contributed by atoms with Crippen molar-refractivity contribution in [2.45, 2.75) is 51.5 Å². The zero-order valence-electron chi connectivity index (χ0n) is 23.1. The van der Waals surface area contributed by atoms with Crippen LogP contribution >= 0.6 is 11.9 Å². The van der Waals surface area contributed by atoms with Crippen molar-refractivity contribution in [2.75, 3.05) is 13.3 Å². The summed E-state index contributed by atoms with van der Waals surface area (Å²) in [7, 11) is 0. The van der Waals surface area contributed by atoms with E-state index in [2.05, 4.69) is 31.6 Å². The summed E-state index contributed by atoms with van der Waals surface area (Å²) >= 11 is 1.51. The Morgan fingerprint density at radius 1 is 1.15 bits per heavy atom. The van der Waals surface area contributed by atoms with E-state index in [0.29, 0.717) is 16.9 Å². The van der Waals surface area contributed by atoms with Crippen LogP contribution in [0.1, 0.15) is 56.0 Å². The number of ether oxygens (including phenoxy) is 2. The minimum atomic E-state index is -0.535. The molecule has 0 aliphatic heterocycles. The maximum Gasteiger partial charge on any atom is 0.310 e. The number of hydrogen-bond acceptors (Lipinski definition) is 7. The number of hydrogen-bond donors (Lipinski definition) is 1. The number of halogens is 1. The molecule has 1 N–H and O–H groups in total. The number of nitrogens with one attached hydrogen (secondary N) is 1. The molecular formula is C32H33FN2O4S. The van der Waals surface area contributed by atoms with Crippen LogP contribution in [-0.4, -0.2) is 24.0 Å². The van der Waals surface area contributed by atoms with Crippen molar-refractivity contribution < 1.29 is 23.1 Å². The molecule has 40 heavy (non-hydrogen) atoms. The van der Waals surface area contributed by atoms with Gasteiger partial charge in [-0.1, -0.05) is 36.2 Å². The summed E-state index contributed by atoms with van der Waals surface area (Å²) < 4.78 is 34.3. The standard InChI is InChI=1S/C32H33FN2O4S/c1-5-37-30(36)17-25-10-9-21(19-34)15-29(25)39-20-22-13-26-11-12-38-31(26)27(14-22)23-7-6-8-24(16-23)28(18-33)35-40-32(2,3)4/h6-16,28,35H,5,17-18,20H2,1-4H3. The zero-order chi connectivity index (χ0) is 28.7. The van der Waals surface area contributed by atoms with Crippen LogP contribution in [0, 0.1) is 11.3 Å². The molecule has 4 rings (SSSR count). The topological polar surface area (TPSA) is 84.5 Å². The molecule has 4 aromatic rings. The largest absolute Gasteiger partial charge is 0.489 e. The number of fused-ring (bicyclic) bond motifs is 1. The van der Waals surface area contributed by atoms with E-state index in [1.807, 2.05) is 42.5 Å². The first kappa shape index (κ1) is 29.2. The fourth-order valence-corrected chi connectivity index (χ4v) is 4.93. The molecule has 0 spiro atoms. The van der Waals surface area contributed by atoms with Crippen molar-refractivity contribution in [1.29, 1.82) is 5.26 Å². The molecule has 1 unspecified atom stereocenters. The van der Waals surface area contributed by atoms with Gasteiger partial charge in [0.15, 0.2) is 0 Å². The molecular weight excluding hydrogens is 527 g/mol. The molecule has 8 heteroatoms. The maximum absolute atomic E-state index is 14.0. The van der Waals surface area contributed by atoms with E-state index in [1.165, 1.54) is 11.9 Å². The monoisotopic (exact) mass is 560 g/mol. The summed E-state index contributed by atoms with van der Waals surface area (Å²) in [4.78, 5) is 12.1. The quantitative estimate of drug-likeness (QED) is 0.149. The third kappa shape index (κ3) is 7.44. The average molecular weight is 561 g/mol. The highest BCUT2D eigenvalue weighted by Gasteiger charge is 2.19. The Morgan fingerprint density at radius 3 is 2.70 bits per heavy atom. The summed E-state index contributed by atoms with van der Waals surface area (Å²) in [5, 5.41) is 10.3. The third-order valence-corrected chi connectivity index (χ3v) is 7.12. The minimum absolute atomic E-state index is 0.0466. The van der Waals surface area contributed by atoms with E-state index < -0.39 is 12.7 Å². The molecule has 6 nitrogen and oxygen atoms in total. The Morgan fingerprint density at radius 2 is 1.98 bits per heavy atom. The molecule has 0 saturated heterocycles. The molecule has 0 amide bonds. The Balaban J connectivity index is 1.63. The Hall–Kier alpha value is -3.80. The van der Waals surface area contributed by atoms with E-state index >= 15 is 0 Å².